The Kier molecular flexibility index (Phi) is 4.84. The van der Waals surface area contributed by atoms with Crippen LogP contribution in [0.5, 0.6) is 5.75 Å². The van der Waals surface area contributed by atoms with E-state index in [0.717, 1.165) is 16.9 Å². The number of carbonyl (C=O) groups excluding carboxylic acids is 1. The maximum Gasteiger partial charge on any atom is 0.258 e. The van der Waals surface area contributed by atoms with Crippen LogP contribution in [0.15, 0.2) is 53.1 Å². The molecule has 0 bridgehead atoms. The Morgan fingerprint density at radius 1 is 1.07 bits per heavy atom. The van der Waals surface area contributed by atoms with E-state index in [4.69, 9.17) is 14.0 Å². The van der Waals surface area contributed by atoms with Crippen LogP contribution in [0, 0.1) is 0 Å². The van der Waals surface area contributed by atoms with Crippen molar-refractivity contribution in [2.45, 2.75) is 0 Å². The molecule has 0 N–H and O–H groups in total. The van der Waals surface area contributed by atoms with Crippen LogP contribution in [0.25, 0.3) is 22.8 Å². The number of methoxy groups -OCH3 is 1. The first-order valence-corrected chi connectivity index (χ1v) is 8.70. The van der Waals surface area contributed by atoms with E-state index >= 15 is 0 Å². The minimum absolute atomic E-state index is 0.0148. The standard InChI is InChI=1S/C20H19N3O4/c1-25-17-7-5-14(6-8-17)19-21-18(22-27-19)15-3-2-4-16(13-15)20(24)23-9-11-26-12-10-23/h2-8,13H,9-12H2,1H3. The van der Waals surface area contributed by atoms with Crippen molar-refractivity contribution in [1.29, 1.82) is 0 Å². The molecule has 1 aliphatic rings. The van der Waals surface area contributed by atoms with Crippen LogP contribution in [-0.4, -0.2) is 54.4 Å². The van der Waals surface area contributed by atoms with E-state index in [1.807, 2.05) is 36.4 Å². The Morgan fingerprint density at radius 2 is 1.85 bits per heavy atom. The summed E-state index contributed by atoms with van der Waals surface area (Å²) in [5, 5.41) is 4.06. The van der Waals surface area contributed by atoms with Crippen LogP contribution in [0.4, 0.5) is 0 Å². The highest BCUT2D eigenvalue weighted by molar-refractivity contribution is 5.95. The van der Waals surface area contributed by atoms with E-state index < -0.39 is 0 Å². The SMILES string of the molecule is COc1ccc(-c2nc(-c3cccc(C(=O)N4CCOCC4)c3)no2)cc1. The third-order valence-electron chi connectivity index (χ3n) is 4.43. The van der Waals surface area contributed by atoms with Crippen LogP contribution in [-0.2, 0) is 4.74 Å². The van der Waals surface area contributed by atoms with Gasteiger partial charge >= 0.3 is 0 Å². The molecule has 0 saturated carbocycles. The van der Waals surface area contributed by atoms with Gasteiger partial charge in [0, 0.05) is 29.8 Å². The fraction of sp³-hybridized carbons (Fsp3) is 0.250. The van der Waals surface area contributed by atoms with E-state index in [9.17, 15) is 4.79 Å². The second-order valence-electron chi connectivity index (χ2n) is 6.14. The molecule has 0 atom stereocenters. The van der Waals surface area contributed by atoms with E-state index in [0.29, 0.717) is 43.6 Å². The minimum Gasteiger partial charge on any atom is -0.497 e. The fourth-order valence-electron chi connectivity index (χ4n) is 2.93. The predicted molar refractivity (Wildman–Crippen MR) is 98.4 cm³/mol. The average Bonchev–Trinajstić information content (AvgIpc) is 3.24. The zero-order valence-corrected chi connectivity index (χ0v) is 14.9. The zero-order valence-electron chi connectivity index (χ0n) is 14.9. The van der Waals surface area contributed by atoms with Gasteiger partial charge in [-0.25, -0.2) is 0 Å². The summed E-state index contributed by atoms with van der Waals surface area (Å²) in [6.07, 6.45) is 0. The summed E-state index contributed by atoms with van der Waals surface area (Å²) in [6.45, 7) is 2.35. The Bertz CT molecular complexity index is 930. The normalized spacial score (nSPS) is 14.2. The van der Waals surface area contributed by atoms with Gasteiger partial charge in [0.25, 0.3) is 11.8 Å². The number of aromatic nitrogens is 2. The van der Waals surface area contributed by atoms with Gasteiger partial charge in [0.05, 0.1) is 20.3 Å². The Labute approximate surface area is 156 Å². The molecule has 1 saturated heterocycles. The first kappa shape index (κ1) is 17.2. The summed E-state index contributed by atoms with van der Waals surface area (Å²) >= 11 is 0. The van der Waals surface area contributed by atoms with E-state index in [1.54, 1.807) is 24.1 Å². The highest BCUT2D eigenvalue weighted by Gasteiger charge is 2.19. The van der Waals surface area contributed by atoms with Crippen molar-refractivity contribution in [2.75, 3.05) is 33.4 Å². The lowest BCUT2D eigenvalue weighted by Crippen LogP contribution is -2.40. The number of benzene rings is 2. The molecule has 3 aromatic rings. The monoisotopic (exact) mass is 365 g/mol. The Hall–Kier alpha value is -3.19. The summed E-state index contributed by atoms with van der Waals surface area (Å²) in [6, 6.07) is 14.7. The van der Waals surface area contributed by atoms with Gasteiger partial charge in [-0.3, -0.25) is 4.79 Å². The fourth-order valence-corrected chi connectivity index (χ4v) is 2.93. The molecular weight excluding hydrogens is 346 g/mol. The number of carbonyl (C=O) groups is 1. The van der Waals surface area contributed by atoms with Crippen molar-refractivity contribution < 1.29 is 18.8 Å². The number of hydrogen-bond donors (Lipinski definition) is 0. The molecule has 4 rings (SSSR count). The van der Waals surface area contributed by atoms with Gasteiger partial charge in [-0.05, 0) is 36.4 Å². The molecule has 2 aromatic carbocycles. The van der Waals surface area contributed by atoms with Gasteiger partial charge in [0.2, 0.25) is 5.82 Å². The molecule has 27 heavy (non-hydrogen) atoms. The first-order chi connectivity index (χ1) is 13.2. The van der Waals surface area contributed by atoms with Gasteiger partial charge in [-0.15, -0.1) is 0 Å². The van der Waals surface area contributed by atoms with E-state index in [1.165, 1.54) is 0 Å². The Morgan fingerprint density at radius 3 is 2.59 bits per heavy atom. The molecule has 7 heteroatoms. The van der Waals surface area contributed by atoms with Crippen LogP contribution < -0.4 is 4.74 Å². The molecular formula is C20H19N3O4. The van der Waals surface area contributed by atoms with Crippen LogP contribution in [0.1, 0.15) is 10.4 Å². The smallest absolute Gasteiger partial charge is 0.258 e. The number of rotatable bonds is 4. The highest BCUT2D eigenvalue weighted by atomic mass is 16.5. The number of amides is 1. The number of nitrogens with zero attached hydrogens (tertiary/aromatic N) is 3. The second kappa shape index (κ2) is 7.59. The van der Waals surface area contributed by atoms with Crippen molar-refractivity contribution >= 4 is 5.91 Å². The molecule has 7 nitrogen and oxygen atoms in total. The van der Waals surface area contributed by atoms with Crippen molar-refractivity contribution in [3.05, 3.63) is 54.1 Å². The number of hydrogen-bond acceptors (Lipinski definition) is 6. The molecule has 0 spiro atoms. The highest BCUT2D eigenvalue weighted by Crippen LogP contribution is 2.25. The minimum atomic E-state index is -0.0148. The molecule has 138 valence electrons. The molecule has 2 heterocycles. The van der Waals surface area contributed by atoms with Gasteiger partial charge < -0.3 is 18.9 Å². The lowest BCUT2D eigenvalue weighted by atomic mass is 10.1. The molecule has 0 radical (unpaired) electrons. The van der Waals surface area contributed by atoms with Crippen LogP contribution in [0.2, 0.25) is 0 Å². The number of morpholine rings is 1. The third kappa shape index (κ3) is 3.68. The maximum absolute atomic E-state index is 12.7. The number of ether oxygens (including phenoxy) is 2. The summed E-state index contributed by atoms with van der Waals surface area (Å²) in [7, 11) is 1.62. The largest absolute Gasteiger partial charge is 0.497 e. The average molecular weight is 365 g/mol. The zero-order chi connectivity index (χ0) is 18.6. The van der Waals surface area contributed by atoms with Crippen LogP contribution >= 0.6 is 0 Å². The summed E-state index contributed by atoms with van der Waals surface area (Å²) in [4.78, 5) is 18.9. The topological polar surface area (TPSA) is 77.7 Å². The van der Waals surface area contributed by atoms with E-state index in [2.05, 4.69) is 10.1 Å². The molecule has 1 amide bonds. The molecule has 1 fully saturated rings. The Balaban J connectivity index is 1.57. The molecule has 0 aliphatic carbocycles. The second-order valence-corrected chi connectivity index (χ2v) is 6.14. The predicted octanol–water partition coefficient (Wildman–Crippen LogP) is 2.88. The van der Waals surface area contributed by atoms with Crippen molar-refractivity contribution in [1.82, 2.24) is 15.0 Å². The third-order valence-corrected chi connectivity index (χ3v) is 4.43. The summed E-state index contributed by atoms with van der Waals surface area (Å²) < 4.78 is 15.8. The van der Waals surface area contributed by atoms with Gasteiger partial charge in [-0.2, -0.15) is 4.98 Å². The van der Waals surface area contributed by atoms with Crippen molar-refractivity contribution in [2.24, 2.45) is 0 Å². The lowest BCUT2D eigenvalue weighted by molar-refractivity contribution is 0.0303. The van der Waals surface area contributed by atoms with Crippen LogP contribution in [0.3, 0.4) is 0 Å². The lowest BCUT2D eigenvalue weighted by Gasteiger charge is -2.26. The maximum atomic E-state index is 12.7. The quantitative estimate of drug-likeness (QED) is 0.707. The van der Waals surface area contributed by atoms with Gasteiger partial charge in [-0.1, -0.05) is 17.3 Å². The van der Waals surface area contributed by atoms with E-state index in [-0.39, 0.29) is 5.91 Å². The van der Waals surface area contributed by atoms with Crippen molar-refractivity contribution in [3.63, 3.8) is 0 Å². The summed E-state index contributed by atoms with van der Waals surface area (Å²) in [5.74, 6) is 1.60. The first-order valence-electron chi connectivity index (χ1n) is 8.70. The van der Waals surface area contributed by atoms with Gasteiger partial charge in [0.1, 0.15) is 5.75 Å². The molecule has 0 unspecified atom stereocenters. The van der Waals surface area contributed by atoms with Crippen molar-refractivity contribution in [3.8, 4) is 28.6 Å². The molecule has 1 aliphatic heterocycles. The summed E-state index contributed by atoms with van der Waals surface area (Å²) in [5.41, 5.74) is 2.14. The van der Waals surface area contributed by atoms with Gasteiger partial charge in [0.15, 0.2) is 0 Å². The molecule has 1 aromatic heterocycles.